The fourth-order valence-corrected chi connectivity index (χ4v) is 0.646. The topological polar surface area (TPSA) is 64.9 Å². The van der Waals surface area contributed by atoms with E-state index in [0.717, 1.165) is 0 Å². The van der Waals surface area contributed by atoms with Crippen LogP contribution >= 0.6 is 0 Å². The van der Waals surface area contributed by atoms with E-state index in [1.54, 1.807) is 37.0 Å². The van der Waals surface area contributed by atoms with E-state index in [0.29, 0.717) is 0 Å². The molecule has 4 nitrogen and oxygen atoms in total. The van der Waals surface area contributed by atoms with Gasteiger partial charge >= 0.3 is 29.6 Å². The molecule has 1 aromatic heterocycles. The van der Waals surface area contributed by atoms with Gasteiger partial charge in [-0.1, -0.05) is 13.8 Å². The Labute approximate surface area is 93.6 Å². The zero-order valence-electron chi connectivity index (χ0n) is 7.48. The van der Waals surface area contributed by atoms with Gasteiger partial charge in [0.25, 0.3) is 0 Å². The second kappa shape index (κ2) is 5.48. The molecule has 0 bridgehead atoms. The van der Waals surface area contributed by atoms with Crippen molar-refractivity contribution < 1.29 is 39.8 Å². The Morgan fingerprint density at radius 2 is 2.08 bits per heavy atom. The molecule has 0 unspecified atom stereocenters. The zero-order valence-corrected chi connectivity index (χ0v) is 9.48. The van der Waals surface area contributed by atoms with Gasteiger partial charge in [0.1, 0.15) is 0 Å². The van der Waals surface area contributed by atoms with Gasteiger partial charge in [0.05, 0.1) is 0 Å². The van der Waals surface area contributed by atoms with Crippen molar-refractivity contribution in [1.29, 1.82) is 0 Å². The van der Waals surface area contributed by atoms with Gasteiger partial charge in [-0.3, -0.25) is 4.68 Å². The molecule has 1 N–H and O–H groups in total. The molecular formula is C7H10N2NaO2-. The average molecular weight is 177 g/mol. The monoisotopic (exact) mass is 177 g/mol. The summed E-state index contributed by atoms with van der Waals surface area (Å²) in [4.78, 5) is 10.3. The summed E-state index contributed by atoms with van der Waals surface area (Å²) < 4.78 is 1.57. The van der Waals surface area contributed by atoms with Crippen LogP contribution in [-0.2, 0) is 10.3 Å². The van der Waals surface area contributed by atoms with Gasteiger partial charge in [0, 0.05) is 12.4 Å². The maximum absolute atomic E-state index is 10.3. The first-order valence-corrected chi connectivity index (χ1v) is 3.06. The summed E-state index contributed by atoms with van der Waals surface area (Å²) in [5, 5.41) is 3.91. The van der Waals surface area contributed by atoms with Crippen molar-refractivity contribution in [3.63, 3.8) is 0 Å². The molecule has 0 aromatic carbocycles. The molecule has 0 aliphatic rings. The summed E-state index contributed by atoms with van der Waals surface area (Å²) in [6.45, 7) is 3.51. The van der Waals surface area contributed by atoms with E-state index < -0.39 is 5.54 Å². The van der Waals surface area contributed by atoms with E-state index in [4.69, 9.17) is 0 Å². The van der Waals surface area contributed by atoms with Crippen LogP contribution in [0.2, 0.25) is 0 Å². The number of rotatable bonds is 2. The molecule has 0 saturated carbocycles. The fourth-order valence-electron chi connectivity index (χ4n) is 0.646. The number of hydrogen-bond acceptors (Lipinski definition) is 3. The van der Waals surface area contributed by atoms with E-state index in [9.17, 15) is 4.79 Å². The Balaban J connectivity index is 0. The van der Waals surface area contributed by atoms with E-state index in [1.807, 2.05) is 6.29 Å². The molecule has 5 heteroatoms. The Morgan fingerprint density at radius 1 is 1.50 bits per heavy atom. The third-order valence-corrected chi connectivity index (χ3v) is 1.33. The summed E-state index contributed by atoms with van der Waals surface area (Å²) in [5.41, 5.74) is -0.635. The van der Waals surface area contributed by atoms with Crippen molar-refractivity contribution in [3.05, 3.63) is 18.5 Å². The van der Waals surface area contributed by atoms with Crippen molar-refractivity contribution in [2.24, 2.45) is 0 Å². The van der Waals surface area contributed by atoms with Gasteiger partial charge in [-0.15, -0.1) is 0 Å². The fraction of sp³-hybridized carbons (Fsp3) is 0.429. The number of aromatic nitrogens is 2. The molecule has 12 heavy (non-hydrogen) atoms. The van der Waals surface area contributed by atoms with Crippen LogP contribution in [0, 0.1) is 0 Å². The zero-order chi connectivity index (χ0) is 7.61. The van der Waals surface area contributed by atoms with Crippen molar-refractivity contribution in [2.75, 3.05) is 0 Å². The summed E-state index contributed by atoms with van der Waals surface area (Å²) in [6.07, 6.45) is 5.27. The minimum atomic E-state index is -0.635. The van der Waals surface area contributed by atoms with Crippen LogP contribution in [0.25, 0.3) is 0 Å². The Hall–Kier alpha value is -0.160. The average Bonchev–Trinajstić information content (AvgIpc) is 2.38. The molecule has 0 amide bonds. The molecule has 1 heterocycles. The standard InChI is InChI=1S/C7H9N2O.Na.H2O/c1-7(2,6-10)9-5-3-4-8-9;;/h3-5H,1-2H3;;1H2/q-1;+1;/p-1. The van der Waals surface area contributed by atoms with Crippen molar-refractivity contribution in [2.45, 2.75) is 19.4 Å². The molecular weight excluding hydrogens is 167 g/mol. The van der Waals surface area contributed by atoms with Crippen molar-refractivity contribution in [1.82, 2.24) is 9.78 Å². The van der Waals surface area contributed by atoms with Crippen LogP contribution < -0.4 is 29.6 Å². The Bertz CT molecular complexity index is 221. The van der Waals surface area contributed by atoms with Gasteiger partial charge in [0.2, 0.25) is 0 Å². The maximum Gasteiger partial charge on any atom is 1.00 e. The molecule has 1 aromatic rings. The third-order valence-electron chi connectivity index (χ3n) is 1.33. The van der Waals surface area contributed by atoms with Gasteiger partial charge < -0.3 is 10.3 Å². The largest absolute Gasteiger partial charge is 1.00 e. The van der Waals surface area contributed by atoms with Crippen molar-refractivity contribution in [3.8, 4) is 0 Å². The van der Waals surface area contributed by atoms with E-state index in [-0.39, 0.29) is 35.0 Å². The van der Waals surface area contributed by atoms with Gasteiger partial charge in [-0.2, -0.15) is 5.10 Å². The minimum absolute atomic E-state index is 0. The van der Waals surface area contributed by atoms with Crippen LogP contribution in [0.1, 0.15) is 13.8 Å². The SMILES string of the molecule is CC(C)([C-]=O)n1cccn1.[Na+].[OH-]. The van der Waals surface area contributed by atoms with Gasteiger partial charge in [-0.05, 0) is 11.6 Å². The Kier molecular flexibility index (Phi) is 6.56. The first kappa shape index (κ1) is 14.4. The van der Waals surface area contributed by atoms with Gasteiger partial charge in [-0.25, -0.2) is 6.29 Å². The van der Waals surface area contributed by atoms with Crippen LogP contribution in [0.4, 0.5) is 0 Å². The molecule has 0 spiro atoms. The quantitative estimate of drug-likeness (QED) is 0.372. The van der Waals surface area contributed by atoms with Crippen molar-refractivity contribution >= 4 is 6.29 Å². The molecule has 0 fully saturated rings. The van der Waals surface area contributed by atoms with E-state index in [1.165, 1.54) is 0 Å². The molecule has 1 rings (SSSR count). The number of hydrogen-bond donors (Lipinski definition) is 0. The second-order valence-electron chi connectivity index (χ2n) is 2.61. The predicted molar refractivity (Wildman–Crippen MR) is 39.2 cm³/mol. The van der Waals surface area contributed by atoms with Crippen LogP contribution in [-0.4, -0.2) is 21.5 Å². The molecule has 0 aliphatic heterocycles. The first-order valence-electron chi connectivity index (χ1n) is 3.06. The number of nitrogens with zero attached hydrogens (tertiary/aromatic N) is 2. The Morgan fingerprint density at radius 3 is 2.42 bits per heavy atom. The summed E-state index contributed by atoms with van der Waals surface area (Å²) in [7, 11) is 0. The molecule has 62 valence electrons. The molecule has 0 saturated heterocycles. The third kappa shape index (κ3) is 3.06. The van der Waals surface area contributed by atoms with Crippen LogP contribution in [0.15, 0.2) is 18.5 Å². The molecule has 0 radical (unpaired) electrons. The maximum atomic E-state index is 10.3. The smallest absolute Gasteiger partial charge is 0.870 e. The minimum Gasteiger partial charge on any atom is -0.870 e. The second-order valence-corrected chi connectivity index (χ2v) is 2.61. The normalized spacial score (nSPS) is 9.50. The van der Waals surface area contributed by atoms with Crippen LogP contribution in [0.3, 0.4) is 0 Å². The first-order chi connectivity index (χ1) is 4.67. The number of carbonyl (C=O) groups excluding carboxylic acids is 1. The van der Waals surface area contributed by atoms with Gasteiger partial charge in [0.15, 0.2) is 0 Å². The summed E-state index contributed by atoms with van der Waals surface area (Å²) in [5.74, 6) is 0. The van der Waals surface area contributed by atoms with Crippen LogP contribution in [0.5, 0.6) is 0 Å². The predicted octanol–water partition coefficient (Wildman–Crippen LogP) is -2.44. The summed E-state index contributed by atoms with van der Waals surface area (Å²) in [6, 6.07) is 1.78. The van der Waals surface area contributed by atoms with E-state index >= 15 is 0 Å². The molecule has 0 aliphatic carbocycles. The summed E-state index contributed by atoms with van der Waals surface area (Å²) >= 11 is 0. The molecule has 0 atom stereocenters. The van der Waals surface area contributed by atoms with E-state index in [2.05, 4.69) is 5.10 Å².